The molecule has 1 atom stereocenters. The number of nitrogens with zero attached hydrogens (tertiary/aromatic N) is 1. The average Bonchev–Trinajstić information content (AvgIpc) is 2.66. The summed E-state index contributed by atoms with van der Waals surface area (Å²) in [6.07, 6.45) is 1.50. The second-order valence-corrected chi connectivity index (χ2v) is 10.3. The summed E-state index contributed by atoms with van der Waals surface area (Å²) in [6, 6.07) is 12.1. The SMILES string of the molecule is CCC(C(=O)NCCSc1ccc(Cl)cc1)N(c1ccc(C)c(C)c1)S(C)(=O)=O. The van der Waals surface area contributed by atoms with Gasteiger partial charge in [-0.2, -0.15) is 0 Å². The average molecular weight is 455 g/mol. The van der Waals surface area contributed by atoms with Crippen molar-refractivity contribution in [3.63, 3.8) is 0 Å². The zero-order chi connectivity index (χ0) is 21.6. The number of anilines is 1. The molecule has 0 spiro atoms. The van der Waals surface area contributed by atoms with E-state index in [1.807, 2.05) is 57.2 Å². The van der Waals surface area contributed by atoms with Crippen molar-refractivity contribution in [2.75, 3.05) is 22.9 Å². The Morgan fingerprint density at radius 2 is 1.79 bits per heavy atom. The summed E-state index contributed by atoms with van der Waals surface area (Å²) < 4.78 is 26.2. The van der Waals surface area contributed by atoms with E-state index < -0.39 is 16.1 Å². The number of benzene rings is 2. The second kappa shape index (κ2) is 10.4. The van der Waals surface area contributed by atoms with E-state index in [0.29, 0.717) is 29.4 Å². The molecule has 1 N–H and O–H groups in total. The molecule has 0 heterocycles. The van der Waals surface area contributed by atoms with E-state index in [4.69, 9.17) is 11.6 Å². The molecule has 0 saturated heterocycles. The summed E-state index contributed by atoms with van der Waals surface area (Å²) in [5, 5.41) is 3.55. The standard InChI is InChI=1S/C21H27ClN2O3S2/c1-5-20(21(25)23-12-13-28-19-10-7-17(22)8-11-19)24(29(4,26)27)18-9-6-15(2)16(3)14-18/h6-11,14,20H,5,12-13H2,1-4H3,(H,23,25). The summed E-state index contributed by atoms with van der Waals surface area (Å²) >= 11 is 7.48. The number of amides is 1. The van der Waals surface area contributed by atoms with Crippen molar-refractivity contribution >= 4 is 45.0 Å². The lowest BCUT2D eigenvalue weighted by atomic mass is 10.1. The maximum atomic E-state index is 12.8. The van der Waals surface area contributed by atoms with E-state index in [1.54, 1.807) is 17.8 Å². The minimum absolute atomic E-state index is 0.298. The first kappa shape index (κ1) is 23.6. The van der Waals surface area contributed by atoms with Crippen molar-refractivity contribution in [2.45, 2.75) is 38.1 Å². The maximum absolute atomic E-state index is 12.8. The first-order chi connectivity index (χ1) is 13.6. The van der Waals surface area contributed by atoms with Crippen LogP contribution in [0.2, 0.25) is 5.02 Å². The van der Waals surface area contributed by atoms with Gasteiger partial charge in [0.05, 0.1) is 11.9 Å². The molecule has 2 aromatic rings. The smallest absolute Gasteiger partial charge is 0.243 e. The van der Waals surface area contributed by atoms with Gasteiger partial charge in [0, 0.05) is 22.2 Å². The molecule has 0 fully saturated rings. The Hall–Kier alpha value is -1.70. The van der Waals surface area contributed by atoms with Crippen LogP contribution in [0.15, 0.2) is 47.4 Å². The molecular formula is C21H27ClN2O3S2. The number of sulfonamides is 1. The highest BCUT2D eigenvalue weighted by Gasteiger charge is 2.31. The Bertz CT molecular complexity index is 947. The Morgan fingerprint density at radius 1 is 1.14 bits per heavy atom. The zero-order valence-electron chi connectivity index (χ0n) is 17.1. The minimum atomic E-state index is -3.63. The molecule has 0 aliphatic heterocycles. The van der Waals surface area contributed by atoms with Crippen molar-refractivity contribution in [2.24, 2.45) is 0 Å². The third kappa shape index (κ3) is 6.66. The van der Waals surface area contributed by atoms with Crippen molar-refractivity contribution in [1.82, 2.24) is 5.32 Å². The van der Waals surface area contributed by atoms with Crippen molar-refractivity contribution in [1.29, 1.82) is 0 Å². The normalized spacial score (nSPS) is 12.4. The molecule has 0 aliphatic carbocycles. The quantitative estimate of drug-likeness (QED) is 0.450. The number of carbonyl (C=O) groups is 1. The van der Waals surface area contributed by atoms with Gasteiger partial charge in [0.25, 0.3) is 0 Å². The van der Waals surface area contributed by atoms with Gasteiger partial charge >= 0.3 is 0 Å². The summed E-state index contributed by atoms with van der Waals surface area (Å²) in [5.74, 6) is 0.375. The third-order valence-electron chi connectivity index (χ3n) is 4.56. The molecular weight excluding hydrogens is 428 g/mol. The fourth-order valence-corrected chi connectivity index (χ4v) is 5.01. The van der Waals surface area contributed by atoms with E-state index in [9.17, 15) is 13.2 Å². The highest BCUT2D eigenvalue weighted by molar-refractivity contribution is 7.99. The van der Waals surface area contributed by atoms with Gasteiger partial charge in [0.15, 0.2) is 0 Å². The highest BCUT2D eigenvalue weighted by Crippen LogP contribution is 2.25. The van der Waals surface area contributed by atoms with E-state index in [1.165, 1.54) is 4.31 Å². The predicted octanol–water partition coefficient (Wildman–Crippen LogP) is 4.41. The monoisotopic (exact) mass is 454 g/mol. The van der Waals surface area contributed by atoms with Crippen LogP contribution in [0.1, 0.15) is 24.5 Å². The van der Waals surface area contributed by atoms with Crippen LogP contribution in [0.4, 0.5) is 5.69 Å². The van der Waals surface area contributed by atoms with E-state index in [2.05, 4.69) is 5.32 Å². The van der Waals surface area contributed by atoms with Gasteiger partial charge in [-0.15, -0.1) is 11.8 Å². The van der Waals surface area contributed by atoms with Gasteiger partial charge in [0.1, 0.15) is 6.04 Å². The first-order valence-electron chi connectivity index (χ1n) is 9.36. The molecule has 2 rings (SSSR count). The Balaban J connectivity index is 2.07. The van der Waals surface area contributed by atoms with Crippen LogP contribution < -0.4 is 9.62 Å². The molecule has 0 bridgehead atoms. The number of carbonyl (C=O) groups excluding carboxylic acids is 1. The number of thioether (sulfide) groups is 1. The van der Waals surface area contributed by atoms with E-state index >= 15 is 0 Å². The fourth-order valence-electron chi connectivity index (χ4n) is 2.91. The van der Waals surface area contributed by atoms with Gasteiger partial charge in [-0.05, 0) is 67.8 Å². The molecule has 158 valence electrons. The topological polar surface area (TPSA) is 66.5 Å². The molecule has 8 heteroatoms. The third-order valence-corrected chi connectivity index (χ3v) is 7.00. The molecule has 1 unspecified atom stereocenters. The fraction of sp³-hybridized carbons (Fsp3) is 0.381. The number of rotatable bonds is 9. The Morgan fingerprint density at radius 3 is 2.34 bits per heavy atom. The number of aryl methyl sites for hydroxylation is 2. The van der Waals surface area contributed by atoms with Gasteiger partial charge in [-0.1, -0.05) is 24.6 Å². The van der Waals surface area contributed by atoms with Gasteiger partial charge in [-0.3, -0.25) is 9.10 Å². The lowest BCUT2D eigenvalue weighted by Crippen LogP contribution is -2.49. The molecule has 0 saturated carbocycles. The van der Waals surface area contributed by atoms with Crippen LogP contribution >= 0.6 is 23.4 Å². The van der Waals surface area contributed by atoms with Crippen molar-refractivity contribution < 1.29 is 13.2 Å². The second-order valence-electron chi connectivity index (χ2n) is 6.84. The summed E-state index contributed by atoms with van der Waals surface area (Å²) in [5.41, 5.74) is 2.55. The summed E-state index contributed by atoms with van der Waals surface area (Å²) in [6.45, 7) is 6.14. The highest BCUT2D eigenvalue weighted by atomic mass is 35.5. The molecule has 0 aliphatic rings. The van der Waals surface area contributed by atoms with Crippen molar-refractivity contribution in [3.8, 4) is 0 Å². The molecule has 29 heavy (non-hydrogen) atoms. The Labute approximate surface area is 182 Å². The molecule has 1 amide bonds. The number of halogens is 1. The van der Waals surface area contributed by atoms with Crippen LogP contribution in [0.5, 0.6) is 0 Å². The minimum Gasteiger partial charge on any atom is -0.353 e. The predicted molar refractivity (Wildman–Crippen MR) is 123 cm³/mol. The van der Waals surface area contributed by atoms with Crippen LogP contribution in [0.3, 0.4) is 0 Å². The maximum Gasteiger partial charge on any atom is 0.243 e. The molecule has 2 aromatic carbocycles. The van der Waals surface area contributed by atoms with Crippen LogP contribution in [0.25, 0.3) is 0 Å². The summed E-state index contributed by atoms with van der Waals surface area (Å²) in [7, 11) is -3.63. The van der Waals surface area contributed by atoms with E-state index in [-0.39, 0.29) is 5.91 Å². The summed E-state index contributed by atoms with van der Waals surface area (Å²) in [4.78, 5) is 13.9. The van der Waals surface area contributed by atoms with Crippen LogP contribution in [-0.4, -0.2) is 38.9 Å². The lowest BCUT2D eigenvalue weighted by Gasteiger charge is -2.30. The van der Waals surface area contributed by atoms with Gasteiger partial charge in [0.2, 0.25) is 15.9 Å². The van der Waals surface area contributed by atoms with E-state index in [0.717, 1.165) is 22.3 Å². The molecule has 0 radical (unpaired) electrons. The van der Waals surface area contributed by atoms with Crippen LogP contribution in [-0.2, 0) is 14.8 Å². The molecule has 0 aromatic heterocycles. The number of nitrogens with one attached hydrogen (secondary N) is 1. The zero-order valence-corrected chi connectivity index (χ0v) is 19.5. The Kier molecular flexibility index (Phi) is 8.43. The van der Waals surface area contributed by atoms with Gasteiger partial charge in [-0.25, -0.2) is 8.42 Å². The largest absolute Gasteiger partial charge is 0.353 e. The van der Waals surface area contributed by atoms with Crippen LogP contribution in [0, 0.1) is 13.8 Å². The number of hydrogen-bond donors (Lipinski definition) is 1. The van der Waals surface area contributed by atoms with Gasteiger partial charge < -0.3 is 5.32 Å². The first-order valence-corrected chi connectivity index (χ1v) is 12.6. The van der Waals surface area contributed by atoms with Crippen molar-refractivity contribution in [3.05, 3.63) is 58.6 Å². The molecule has 5 nitrogen and oxygen atoms in total. The number of hydrogen-bond acceptors (Lipinski definition) is 4. The lowest BCUT2D eigenvalue weighted by molar-refractivity contribution is -0.122.